The third-order valence-electron chi connectivity index (χ3n) is 4.00. The third-order valence-corrected chi connectivity index (χ3v) is 4.00. The number of methoxy groups -OCH3 is 1. The number of carbonyl (C=O) groups excluding carboxylic acids is 2. The summed E-state index contributed by atoms with van der Waals surface area (Å²) in [7, 11) is 1.41. The predicted molar refractivity (Wildman–Crippen MR) is 114 cm³/mol. The Hall–Kier alpha value is -3.75. The number of allylic oxidation sites excluding steroid dienone is 4. The van der Waals surface area contributed by atoms with Gasteiger partial charge in [-0.25, -0.2) is 4.79 Å². The second-order valence-corrected chi connectivity index (χ2v) is 5.87. The number of rotatable bonds is 3. The van der Waals surface area contributed by atoms with E-state index in [1.165, 1.54) is 13.3 Å². The van der Waals surface area contributed by atoms with E-state index in [-0.39, 0.29) is 33.5 Å². The molecule has 0 aliphatic heterocycles. The number of hydrogen-bond acceptors (Lipinski definition) is 6. The molecule has 0 atom stereocenters. The molecule has 2 aromatic heterocycles. The standard InChI is InChI=1S/C12H8N2.C9H11N3O3.Ni.H2O/c1-3-9-5-6-10-4-2-8-14-12(10)11(9)13-7-1;1-15-7-4-2-3-6(8(7)13)5-11-12-9(10)14;;/h1-8H;2-5,11H,1H3,(H3,10,12,14);;1H2/b;6-5-;;. The van der Waals surface area contributed by atoms with Gasteiger partial charge in [0, 0.05) is 51.4 Å². The molecule has 31 heavy (non-hydrogen) atoms. The number of fused-ring (bicyclic) bond motifs is 3. The van der Waals surface area contributed by atoms with Crippen LogP contribution in [0.2, 0.25) is 0 Å². The summed E-state index contributed by atoms with van der Waals surface area (Å²) in [6.45, 7) is 0. The van der Waals surface area contributed by atoms with E-state index in [4.69, 9.17) is 10.5 Å². The number of hydrogen-bond donors (Lipinski definition) is 3. The van der Waals surface area contributed by atoms with E-state index in [0.717, 1.165) is 21.8 Å². The third kappa shape index (κ3) is 6.37. The average Bonchev–Trinajstić information content (AvgIpc) is 2.75. The number of amides is 2. The van der Waals surface area contributed by atoms with Gasteiger partial charge in [0.2, 0.25) is 5.78 Å². The molecule has 0 radical (unpaired) electrons. The topological polar surface area (TPSA) is 151 Å². The molecule has 0 saturated carbocycles. The molecule has 0 unspecified atom stereocenters. The fourth-order valence-electron chi connectivity index (χ4n) is 2.67. The van der Waals surface area contributed by atoms with Crippen LogP contribution in [0.5, 0.6) is 0 Å². The van der Waals surface area contributed by atoms with Crippen molar-refractivity contribution in [3.63, 3.8) is 0 Å². The molecule has 1 aromatic carbocycles. The summed E-state index contributed by atoms with van der Waals surface area (Å²) in [5.74, 6) is -0.0246. The molecular weight excluding hydrogens is 445 g/mol. The van der Waals surface area contributed by atoms with Crippen LogP contribution in [-0.2, 0) is 26.0 Å². The first kappa shape index (κ1) is 25.3. The van der Waals surface area contributed by atoms with E-state index in [9.17, 15) is 9.59 Å². The number of nitrogens with two attached hydrogens (primary N) is 1. The number of primary amides is 1. The van der Waals surface area contributed by atoms with Gasteiger partial charge in [-0.2, -0.15) is 0 Å². The van der Waals surface area contributed by atoms with Gasteiger partial charge in [-0.1, -0.05) is 30.3 Å². The summed E-state index contributed by atoms with van der Waals surface area (Å²) in [4.78, 5) is 30.6. The Morgan fingerprint density at radius 3 is 2.16 bits per heavy atom. The van der Waals surface area contributed by atoms with Gasteiger partial charge in [0.05, 0.1) is 18.1 Å². The number of urea groups is 1. The Morgan fingerprint density at radius 1 is 1.06 bits per heavy atom. The van der Waals surface area contributed by atoms with E-state index >= 15 is 0 Å². The van der Waals surface area contributed by atoms with Crippen LogP contribution in [0.3, 0.4) is 0 Å². The monoisotopic (exact) mass is 465 g/mol. The van der Waals surface area contributed by atoms with E-state index in [1.807, 2.05) is 12.1 Å². The van der Waals surface area contributed by atoms with E-state index in [2.05, 4.69) is 45.1 Å². The smallest absolute Gasteiger partial charge is 0.330 e. The van der Waals surface area contributed by atoms with Crippen LogP contribution in [0.15, 0.2) is 84.6 Å². The number of nitrogens with zero attached hydrogens (tertiary/aromatic N) is 2. The van der Waals surface area contributed by atoms with Crippen LogP contribution in [0, 0.1) is 0 Å². The summed E-state index contributed by atoms with van der Waals surface area (Å²) in [5, 5.41) is 2.28. The second kappa shape index (κ2) is 12.1. The number of aromatic nitrogens is 2. The minimum Gasteiger partial charge on any atom is -0.493 e. The van der Waals surface area contributed by atoms with Crippen molar-refractivity contribution in [1.29, 1.82) is 0 Å². The zero-order chi connectivity index (χ0) is 20.6. The van der Waals surface area contributed by atoms with Crippen LogP contribution in [-0.4, -0.2) is 34.4 Å². The van der Waals surface area contributed by atoms with Gasteiger partial charge in [0.25, 0.3) is 0 Å². The van der Waals surface area contributed by atoms with Crippen molar-refractivity contribution in [3.8, 4) is 0 Å². The first-order valence-electron chi connectivity index (χ1n) is 8.67. The Kier molecular flexibility index (Phi) is 9.84. The van der Waals surface area contributed by atoms with Crippen molar-refractivity contribution in [3.05, 3.63) is 84.6 Å². The van der Waals surface area contributed by atoms with Crippen LogP contribution in [0.4, 0.5) is 4.79 Å². The molecule has 6 N–H and O–H groups in total. The summed E-state index contributed by atoms with van der Waals surface area (Å²) in [6, 6.07) is 11.4. The van der Waals surface area contributed by atoms with Crippen molar-refractivity contribution in [2.24, 2.45) is 5.73 Å². The Morgan fingerprint density at radius 2 is 1.65 bits per heavy atom. The molecule has 0 fully saturated rings. The van der Waals surface area contributed by atoms with Gasteiger partial charge >= 0.3 is 6.03 Å². The average molecular weight is 466 g/mol. The summed E-state index contributed by atoms with van der Waals surface area (Å²) in [5.41, 5.74) is 11.6. The Labute approximate surface area is 188 Å². The summed E-state index contributed by atoms with van der Waals surface area (Å²) < 4.78 is 4.84. The van der Waals surface area contributed by atoms with Gasteiger partial charge in [-0.15, -0.1) is 0 Å². The van der Waals surface area contributed by atoms with Crippen LogP contribution in [0.1, 0.15) is 0 Å². The number of pyridine rings is 2. The summed E-state index contributed by atoms with van der Waals surface area (Å²) >= 11 is 0. The molecule has 4 rings (SSSR count). The van der Waals surface area contributed by atoms with Crippen molar-refractivity contribution in [1.82, 2.24) is 20.8 Å². The second-order valence-electron chi connectivity index (χ2n) is 5.87. The van der Waals surface area contributed by atoms with Gasteiger partial charge < -0.3 is 21.4 Å². The number of hydrazine groups is 1. The normalized spacial score (nSPS) is 13.3. The molecule has 2 heterocycles. The number of nitrogens with one attached hydrogen (secondary N) is 2. The molecule has 164 valence electrons. The van der Waals surface area contributed by atoms with Crippen LogP contribution >= 0.6 is 0 Å². The maximum atomic E-state index is 11.5. The molecule has 10 heteroatoms. The zero-order valence-electron chi connectivity index (χ0n) is 16.4. The van der Waals surface area contributed by atoms with Crippen LogP contribution < -0.4 is 16.6 Å². The van der Waals surface area contributed by atoms with Crippen molar-refractivity contribution in [2.45, 2.75) is 0 Å². The van der Waals surface area contributed by atoms with Crippen LogP contribution in [0.25, 0.3) is 21.8 Å². The van der Waals surface area contributed by atoms with Crippen molar-refractivity contribution in [2.75, 3.05) is 7.11 Å². The van der Waals surface area contributed by atoms with Gasteiger partial charge in [0.1, 0.15) is 0 Å². The quantitative estimate of drug-likeness (QED) is 0.231. The molecule has 0 spiro atoms. The fraction of sp³-hybridized carbons (Fsp3) is 0.0476. The number of ether oxygens (including phenoxy) is 1. The predicted octanol–water partition coefficient (Wildman–Crippen LogP) is 1.67. The van der Waals surface area contributed by atoms with E-state index < -0.39 is 6.03 Å². The Balaban J connectivity index is 0.000000291. The summed E-state index contributed by atoms with van der Waals surface area (Å²) in [6.07, 6.45) is 9.74. The van der Waals surface area contributed by atoms with Gasteiger partial charge in [-0.3, -0.25) is 20.2 Å². The number of carbonyl (C=O) groups is 2. The largest absolute Gasteiger partial charge is 0.493 e. The SMILES string of the molecule is COC1=CC=C/C(=C/NNC(N)=O)C1=O.O.[Ni].c1cnc2c(c1)ccc1cccnc12. The van der Waals surface area contributed by atoms with E-state index in [1.54, 1.807) is 30.6 Å². The minimum absolute atomic E-state index is 0. The Bertz CT molecular complexity index is 1110. The number of ketones is 1. The minimum atomic E-state index is -0.735. The maximum absolute atomic E-state index is 11.5. The number of benzene rings is 1. The molecular formula is C21H21N5NiO4. The molecule has 9 nitrogen and oxygen atoms in total. The first-order valence-corrected chi connectivity index (χ1v) is 8.67. The molecule has 1 aliphatic carbocycles. The van der Waals surface area contributed by atoms with Crippen molar-refractivity contribution >= 4 is 33.6 Å². The van der Waals surface area contributed by atoms with Crippen molar-refractivity contribution < 1.29 is 36.3 Å². The first-order chi connectivity index (χ1) is 14.1. The molecule has 0 saturated heterocycles. The van der Waals surface area contributed by atoms with Gasteiger partial charge in [0.15, 0.2) is 5.76 Å². The maximum Gasteiger partial charge on any atom is 0.330 e. The fourth-order valence-corrected chi connectivity index (χ4v) is 2.67. The molecule has 1 aliphatic rings. The van der Waals surface area contributed by atoms with E-state index in [0.29, 0.717) is 5.57 Å². The molecule has 2 amide bonds. The van der Waals surface area contributed by atoms with Gasteiger partial charge in [-0.05, 0) is 24.3 Å². The molecule has 0 bridgehead atoms. The molecule has 3 aromatic rings. The number of Topliss-reactive ketones (excluding diaryl/α,β-unsaturated/α-hetero) is 1. The zero-order valence-corrected chi connectivity index (χ0v) is 17.4.